The van der Waals surface area contributed by atoms with Gasteiger partial charge in [0.2, 0.25) is 5.88 Å². The fourth-order valence-electron chi connectivity index (χ4n) is 3.42. The number of allylic oxidation sites excluding steroid dienone is 1. The third-order valence-electron chi connectivity index (χ3n) is 4.75. The standard InChI is InChI=1S/C21H17N5O2/c1-13-9-17-19(21(27)26(13)12-15-6-2-3-8-25-15)18(14-5-4-7-24-11-14)16(10-22)20(23)28-17/h2-9,11,18H,12,23H2,1H3. The minimum atomic E-state index is -0.634. The molecule has 0 saturated heterocycles. The third-order valence-corrected chi connectivity index (χ3v) is 4.75. The molecule has 1 atom stereocenters. The van der Waals surface area contributed by atoms with Crippen molar-refractivity contribution in [1.82, 2.24) is 14.5 Å². The summed E-state index contributed by atoms with van der Waals surface area (Å²) in [5.74, 6) is -0.263. The lowest BCUT2D eigenvalue weighted by Gasteiger charge is -2.27. The average Bonchev–Trinajstić information content (AvgIpc) is 2.71. The quantitative estimate of drug-likeness (QED) is 0.756. The predicted molar refractivity (Wildman–Crippen MR) is 102 cm³/mol. The summed E-state index contributed by atoms with van der Waals surface area (Å²) in [6.45, 7) is 2.15. The van der Waals surface area contributed by atoms with E-state index in [0.717, 1.165) is 5.69 Å². The van der Waals surface area contributed by atoms with Crippen LogP contribution in [-0.2, 0) is 6.54 Å². The van der Waals surface area contributed by atoms with E-state index in [1.165, 1.54) is 0 Å². The van der Waals surface area contributed by atoms with Crippen LogP contribution in [0.2, 0.25) is 0 Å². The monoisotopic (exact) mass is 371 g/mol. The molecule has 0 bridgehead atoms. The molecule has 3 aromatic rings. The van der Waals surface area contributed by atoms with Crippen LogP contribution in [0.5, 0.6) is 5.75 Å². The highest BCUT2D eigenvalue weighted by molar-refractivity contribution is 5.54. The molecule has 7 nitrogen and oxygen atoms in total. The van der Waals surface area contributed by atoms with Gasteiger partial charge >= 0.3 is 0 Å². The highest BCUT2D eigenvalue weighted by atomic mass is 16.5. The van der Waals surface area contributed by atoms with Crippen molar-refractivity contribution in [2.75, 3.05) is 0 Å². The first-order chi connectivity index (χ1) is 13.6. The van der Waals surface area contributed by atoms with Gasteiger partial charge in [-0.05, 0) is 30.7 Å². The first kappa shape index (κ1) is 17.5. The Labute approximate surface area is 161 Å². The highest BCUT2D eigenvalue weighted by Gasteiger charge is 2.34. The molecule has 1 aliphatic rings. The summed E-state index contributed by atoms with van der Waals surface area (Å²) in [5.41, 5.74) is 8.51. The molecule has 3 aromatic heterocycles. The van der Waals surface area contributed by atoms with E-state index in [4.69, 9.17) is 10.5 Å². The molecule has 138 valence electrons. The van der Waals surface area contributed by atoms with E-state index in [9.17, 15) is 10.1 Å². The number of nitrogens with two attached hydrogens (primary N) is 1. The highest BCUT2D eigenvalue weighted by Crippen LogP contribution is 2.40. The summed E-state index contributed by atoms with van der Waals surface area (Å²) in [4.78, 5) is 21.9. The lowest BCUT2D eigenvalue weighted by Crippen LogP contribution is -2.33. The van der Waals surface area contributed by atoms with Crippen LogP contribution >= 0.6 is 0 Å². The summed E-state index contributed by atoms with van der Waals surface area (Å²) >= 11 is 0. The minimum Gasteiger partial charge on any atom is -0.440 e. The Kier molecular flexibility index (Phi) is 4.38. The topological polar surface area (TPSA) is 107 Å². The third kappa shape index (κ3) is 2.91. The van der Waals surface area contributed by atoms with Gasteiger partial charge in [-0.3, -0.25) is 14.8 Å². The van der Waals surface area contributed by atoms with Crippen LogP contribution in [0.15, 0.2) is 71.2 Å². The van der Waals surface area contributed by atoms with Crippen molar-refractivity contribution in [3.63, 3.8) is 0 Å². The van der Waals surface area contributed by atoms with Crippen molar-refractivity contribution in [3.05, 3.63) is 99.3 Å². The normalized spacial score (nSPS) is 15.5. The van der Waals surface area contributed by atoms with E-state index in [1.807, 2.05) is 31.2 Å². The summed E-state index contributed by atoms with van der Waals surface area (Å²) in [6, 6.07) is 13.0. The van der Waals surface area contributed by atoms with Crippen molar-refractivity contribution >= 4 is 0 Å². The molecule has 0 spiro atoms. The lowest BCUT2D eigenvalue weighted by atomic mass is 9.85. The fraction of sp³-hybridized carbons (Fsp3) is 0.143. The maximum atomic E-state index is 13.5. The Morgan fingerprint density at radius 1 is 1.29 bits per heavy atom. The van der Waals surface area contributed by atoms with Gasteiger partial charge in [-0.15, -0.1) is 0 Å². The molecule has 4 rings (SSSR count). The number of pyridine rings is 3. The van der Waals surface area contributed by atoms with E-state index >= 15 is 0 Å². The number of hydrogen-bond donors (Lipinski definition) is 1. The summed E-state index contributed by atoms with van der Waals surface area (Å²) < 4.78 is 7.27. The van der Waals surface area contributed by atoms with Gasteiger partial charge in [-0.2, -0.15) is 5.26 Å². The molecule has 7 heteroatoms. The van der Waals surface area contributed by atoms with E-state index in [0.29, 0.717) is 29.1 Å². The van der Waals surface area contributed by atoms with Crippen LogP contribution in [0, 0.1) is 18.3 Å². The molecule has 28 heavy (non-hydrogen) atoms. The zero-order valence-electron chi connectivity index (χ0n) is 15.2. The summed E-state index contributed by atoms with van der Waals surface area (Å²) in [5, 5.41) is 9.66. The Morgan fingerprint density at radius 2 is 2.14 bits per heavy atom. The maximum Gasteiger partial charge on any atom is 0.259 e. The van der Waals surface area contributed by atoms with Crippen molar-refractivity contribution in [3.8, 4) is 11.8 Å². The fourth-order valence-corrected chi connectivity index (χ4v) is 3.42. The number of aromatic nitrogens is 3. The molecule has 0 radical (unpaired) electrons. The van der Waals surface area contributed by atoms with Gasteiger partial charge in [-0.1, -0.05) is 12.1 Å². The average molecular weight is 371 g/mol. The zero-order valence-corrected chi connectivity index (χ0v) is 15.2. The predicted octanol–water partition coefficient (Wildman–Crippen LogP) is 2.21. The summed E-state index contributed by atoms with van der Waals surface area (Å²) in [6.07, 6.45) is 4.96. The number of ether oxygens (including phenoxy) is 1. The van der Waals surface area contributed by atoms with Gasteiger partial charge in [-0.25, -0.2) is 0 Å². The molecule has 0 saturated carbocycles. The Bertz CT molecular complexity index is 1160. The molecule has 0 amide bonds. The number of aryl methyl sites for hydroxylation is 1. The van der Waals surface area contributed by atoms with E-state index in [-0.39, 0.29) is 17.0 Å². The number of nitriles is 1. The number of rotatable bonds is 3. The first-order valence-corrected chi connectivity index (χ1v) is 8.72. The molecule has 0 aliphatic carbocycles. The molecule has 2 N–H and O–H groups in total. The Morgan fingerprint density at radius 3 is 2.82 bits per heavy atom. The summed E-state index contributed by atoms with van der Waals surface area (Å²) in [7, 11) is 0. The Balaban J connectivity index is 1.93. The zero-order chi connectivity index (χ0) is 19.7. The maximum absolute atomic E-state index is 13.5. The van der Waals surface area contributed by atoms with Crippen molar-refractivity contribution < 1.29 is 4.74 Å². The smallest absolute Gasteiger partial charge is 0.259 e. The number of hydrogen-bond acceptors (Lipinski definition) is 6. The van der Waals surface area contributed by atoms with E-state index in [1.54, 1.807) is 35.3 Å². The SMILES string of the molecule is Cc1cc2c(c(=O)n1Cc1ccccn1)C(c1cccnc1)C(C#N)=C(N)O2. The number of nitrogens with zero attached hydrogens (tertiary/aromatic N) is 4. The van der Waals surface area contributed by atoms with Crippen molar-refractivity contribution in [2.24, 2.45) is 5.73 Å². The van der Waals surface area contributed by atoms with Gasteiger partial charge in [0.25, 0.3) is 5.56 Å². The minimum absolute atomic E-state index is 0.00475. The largest absolute Gasteiger partial charge is 0.440 e. The van der Waals surface area contributed by atoms with Crippen molar-refractivity contribution in [2.45, 2.75) is 19.4 Å². The molecular weight excluding hydrogens is 354 g/mol. The van der Waals surface area contributed by atoms with Gasteiger partial charge in [0, 0.05) is 30.4 Å². The van der Waals surface area contributed by atoms with Crippen LogP contribution < -0.4 is 16.0 Å². The molecule has 0 aromatic carbocycles. The molecule has 1 unspecified atom stereocenters. The Hall–Kier alpha value is -3.92. The lowest BCUT2D eigenvalue weighted by molar-refractivity contribution is 0.388. The van der Waals surface area contributed by atoms with Crippen LogP contribution in [0.3, 0.4) is 0 Å². The second-order valence-corrected chi connectivity index (χ2v) is 6.49. The second-order valence-electron chi connectivity index (χ2n) is 6.49. The van der Waals surface area contributed by atoms with Crippen LogP contribution in [0.25, 0.3) is 0 Å². The van der Waals surface area contributed by atoms with Crippen molar-refractivity contribution in [1.29, 1.82) is 5.26 Å². The van der Waals surface area contributed by atoms with Gasteiger partial charge in [0.1, 0.15) is 17.4 Å². The van der Waals surface area contributed by atoms with E-state index < -0.39 is 5.92 Å². The van der Waals surface area contributed by atoms with Gasteiger partial charge in [0.15, 0.2) is 0 Å². The van der Waals surface area contributed by atoms with Crippen LogP contribution in [-0.4, -0.2) is 14.5 Å². The van der Waals surface area contributed by atoms with Crippen LogP contribution in [0.1, 0.15) is 28.4 Å². The molecule has 1 aliphatic heterocycles. The molecule has 0 fully saturated rings. The van der Waals surface area contributed by atoms with E-state index in [2.05, 4.69) is 16.0 Å². The van der Waals surface area contributed by atoms with Gasteiger partial charge < -0.3 is 15.0 Å². The second kappa shape index (κ2) is 7.00. The van der Waals surface area contributed by atoms with Crippen LogP contribution in [0.4, 0.5) is 0 Å². The first-order valence-electron chi connectivity index (χ1n) is 8.72. The molecular formula is C21H17N5O2. The van der Waals surface area contributed by atoms with Gasteiger partial charge in [0.05, 0.1) is 23.7 Å². The molecule has 4 heterocycles. The number of fused-ring (bicyclic) bond motifs is 1.